The number of unbranched alkanes of at least 4 members (excludes halogenated alkanes) is 1. The summed E-state index contributed by atoms with van der Waals surface area (Å²) in [5.41, 5.74) is 2.52. The molecule has 0 aliphatic heterocycles. The van der Waals surface area contributed by atoms with Gasteiger partial charge in [-0.1, -0.05) is 42.8 Å². The van der Waals surface area contributed by atoms with Crippen molar-refractivity contribution in [1.82, 2.24) is 10.6 Å². The molecule has 6 heteroatoms. The molecule has 1 aromatic carbocycles. The minimum absolute atomic E-state index is 0.0306. The largest absolute Gasteiger partial charge is 0.444 e. The van der Waals surface area contributed by atoms with Crippen LogP contribution in [0.15, 0.2) is 30.8 Å². The molecule has 2 amide bonds. The predicted octanol–water partition coefficient (Wildman–Crippen LogP) is 4.74. The normalized spacial score (nSPS) is 12.9. The van der Waals surface area contributed by atoms with Gasteiger partial charge in [-0.3, -0.25) is 4.79 Å². The maximum atomic E-state index is 12.2. The average molecular weight is 414 g/mol. The van der Waals surface area contributed by atoms with Crippen LogP contribution in [0.2, 0.25) is 0 Å². The van der Waals surface area contributed by atoms with Crippen molar-refractivity contribution in [3.8, 4) is 6.07 Å². The highest BCUT2D eigenvalue weighted by molar-refractivity contribution is 5.76. The summed E-state index contributed by atoms with van der Waals surface area (Å²) in [7, 11) is 0. The summed E-state index contributed by atoms with van der Waals surface area (Å²) in [4.78, 5) is 23.9. The maximum absolute atomic E-state index is 12.2. The topological polar surface area (TPSA) is 91.2 Å². The van der Waals surface area contributed by atoms with Crippen LogP contribution in [0.1, 0.15) is 71.4 Å². The number of hydrogen-bond donors (Lipinski definition) is 2. The predicted molar refractivity (Wildman–Crippen MR) is 120 cm³/mol. The Morgan fingerprint density at radius 3 is 2.33 bits per heavy atom. The van der Waals surface area contributed by atoms with E-state index in [9.17, 15) is 14.9 Å². The molecule has 6 nitrogen and oxygen atoms in total. The number of alkyl carbamates (subject to hydrolysis) is 1. The number of benzene rings is 1. The second kappa shape index (κ2) is 12.0. The van der Waals surface area contributed by atoms with Crippen molar-refractivity contribution in [2.24, 2.45) is 0 Å². The van der Waals surface area contributed by atoms with E-state index in [4.69, 9.17) is 4.74 Å². The number of nitriles is 1. The van der Waals surface area contributed by atoms with Crippen LogP contribution in [-0.4, -0.2) is 29.7 Å². The number of carbonyl (C=O) groups is 2. The van der Waals surface area contributed by atoms with Gasteiger partial charge in [0.2, 0.25) is 5.91 Å². The summed E-state index contributed by atoms with van der Waals surface area (Å²) in [6.45, 7) is 13.2. The SMILES string of the molecule is C=C(C)c1ccc(CC(C#N)NC(=O)CCCC[C@H](C)NC(=O)OC(C)(C)C)cc1. The molecule has 164 valence electrons. The van der Waals surface area contributed by atoms with Crippen LogP contribution < -0.4 is 10.6 Å². The van der Waals surface area contributed by atoms with Crippen molar-refractivity contribution in [1.29, 1.82) is 5.26 Å². The van der Waals surface area contributed by atoms with E-state index in [-0.39, 0.29) is 11.9 Å². The minimum atomic E-state index is -0.555. The second-order valence-corrected chi connectivity index (χ2v) is 8.72. The Morgan fingerprint density at radius 2 is 1.80 bits per heavy atom. The van der Waals surface area contributed by atoms with Crippen LogP contribution in [0.3, 0.4) is 0 Å². The molecule has 0 fully saturated rings. The van der Waals surface area contributed by atoms with E-state index in [1.54, 1.807) is 0 Å². The molecule has 0 bridgehead atoms. The first kappa shape index (κ1) is 25.2. The molecule has 0 spiro atoms. The Bertz CT molecular complexity index is 757. The smallest absolute Gasteiger partial charge is 0.407 e. The summed E-state index contributed by atoms with van der Waals surface area (Å²) in [6, 6.07) is 9.43. The van der Waals surface area contributed by atoms with Crippen molar-refractivity contribution >= 4 is 17.6 Å². The summed E-state index contributed by atoms with van der Waals surface area (Å²) >= 11 is 0. The Balaban J connectivity index is 2.31. The third-order valence-electron chi connectivity index (χ3n) is 4.43. The highest BCUT2D eigenvalue weighted by Crippen LogP contribution is 2.14. The fourth-order valence-electron chi connectivity index (χ4n) is 2.87. The lowest BCUT2D eigenvalue weighted by molar-refractivity contribution is -0.121. The van der Waals surface area contributed by atoms with E-state index in [0.29, 0.717) is 19.3 Å². The molecule has 0 aliphatic rings. The van der Waals surface area contributed by atoms with Gasteiger partial charge in [-0.15, -0.1) is 0 Å². The fourth-order valence-corrected chi connectivity index (χ4v) is 2.87. The van der Waals surface area contributed by atoms with Crippen LogP contribution >= 0.6 is 0 Å². The van der Waals surface area contributed by atoms with Gasteiger partial charge >= 0.3 is 6.09 Å². The van der Waals surface area contributed by atoms with Crippen molar-refractivity contribution in [2.75, 3.05) is 0 Å². The van der Waals surface area contributed by atoms with E-state index in [0.717, 1.165) is 29.5 Å². The van der Waals surface area contributed by atoms with Gasteiger partial charge in [-0.2, -0.15) is 5.26 Å². The molecular weight excluding hydrogens is 378 g/mol. The number of amides is 2. The molecule has 0 aromatic heterocycles. The molecule has 30 heavy (non-hydrogen) atoms. The molecule has 0 saturated heterocycles. The van der Waals surface area contributed by atoms with Gasteiger partial charge in [-0.05, 0) is 58.6 Å². The van der Waals surface area contributed by atoms with Gasteiger partial charge in [0.1, 0.15) is 11.6 Å². The molecule has 0 saturated carbocycles. The number of rotatable bonds is 10. The van der Waals surface area contributed by atoms with E-state index >= 15 is 0 Å². The highest BCUT2D eigenvalue weighted by Gasteiger charge is 2.17. The lowest BCUT2D eigenvalue weighted by Crippen LogP contribution is -2.37. The zero-order valence-electron chi connectivity index (χ0n) is 18.9. The molecule has 0 radical (unpaired) electrons. The van der Waals surface area contributed by atoms with Crippen molar-refractivity contribution in [2.45, 2.75) is 84.4 Å². The Morgan fingerprint density at radius 1 is 1.17 bits per heavy atom. The first-order valence-electron chi connectivity index (χ1n) is 10.4. The maximum Gasteiger partial charge on any atom is 0.407 e. The zero-order chi connectivity index (χ0) is 22.7. The van der Waals surface area contributed by atoms with Crippen molar-refractivity contribution in [3.05, 3.63) is 42.0 Å². The number of ether oxygens (including phenoxy) is 1. The second-order valence-electron chi connectivity index (χ2n) is 8.72. The molecule has 0 heterocycles. The summed E-state index contributed by atoms with van der Waals surface area (Å²) in [5, 5.41) is 14.9. The monoisotopic (exact) mass is 413 g/mol. The third-order valence-corrected chi connectivity index (χ3v) is 4.43. The highest BCUT2D eigenvalue weighted by atomic mass is 16.6. The number of nitrogens with one attached hydrogen (secondary N) is 2. The quantitative estimate of drug-likeness (QED) is 0.542. The molecular formula is C24H35N3O3. The van der Waals surface area contributed by atoms with Crippen LogP contribution in [0.4, 0.5) is 4.79 Å². The Hall–Kier alpha value is -2.81. The summed E-state index contributed by atoms with van der Waals surface area (Å²) in [6.07, 6.45) is 2.63. The minimum Gasteiger partial charge on any atom is -0.444 e. The van der Waals surface area contributed by atoms with Gasteiger partial charge < -0.3 is 15.4 Å². The van der Waals surface area contributed by atoms with Gasteiger partial charge in [0.25, 0.3) is 0 Å². The lowest BCUT2D eigenvalue weighted by Gasteiger charge is -2.22. The number of carbonyl (C=O) groups excluding carboxylic acids is 2. The fraction of sp³-hybridized carbons (Fsp3) is 0.542. The van der Waals surface area contributed by atoms with Crippen LogP contribution in [0.25, 0.3) is 5.57 Å². The molecule has 1 unspecified atom stereocenters. The number of hydrogen-bond acceptors (Lipinski definition) is 4. The Kier molecular flexibility index (Phi) is 10.1. The van der Waals surface area contributed by atoms with Gasteiger partial charge in [0.05, 0.1) is 6.07 Å². The molecule has 0 aliphatic carbocycles. The number of allylic oxidation sites excluding steroid dienone is 1. The lowest BCUT2D eigenvalue weighted by atomic mass is 10.0. The summed E-state index contributed by atoms with van der Waals surface area (Å²) < 4.78 is 5.23. The van der Waals surface area contributed by atoms with Crippen LogP contribution in [0.5, 0.6) is 0 Å². The average Bonchev–Trinajstić information content (AvgIpc) is 2.63. The van der Waals surface area contributed by atoms with E-state index < -0.39 is 17.7 Å². The first-order chi connectivity index (χ1) is 14.0. The number of nitrogens with zero attached hydrogens (tertiary/aromatic N) is 1. The van der Waals surface area contributed by atoms with E-state index in [2.05, 4.69) is 23.3 Å². The van der Waals surface area contributed by atoms with Crippen LogP contribution in [0, 0.1) is 11.3 Å². The van der Waals surface area contributed by atoms with Crippen LogP contribution in [-0.2, 0) is 16.0 Å². The summed E-state index contributed by atoms with van der Waals surface area (Å²) in [5.74, 6) is -0.132. The standard InChI is InChI=1S/C24H35N3O3/c1-17(2)20-13-11-19(12-14-20)15-21(16-25)27-22(28)10-8-7-9-18(3)26-23(29)30-24(4,5)6/h11-14,18,21H,1,7-10,15H2,2-6H3,(H,26,29)(H,27,28)/t18-,21?/m0/s1. The third kappa shape index (κ3) is 10.7. The molecule has 2 atom stereocenters. The van der Waals surface area contributed by atoms with E-state index in [1.807, 2.05) is 58.9 Å². The Labute approximate surface area is 180 Å². The first-order valence-corrected chi connectivity index (χ1v) is 10.4. The van der Waals surface area contributed by atoms with Gasteiger partial charge in [0.15, 0.2) is 0 Å². The van der Waals surface area contributed by atoms with Gasteiger partial charge in [0, 0.05) is 18.9 Å². The zero-order valence-corrected chi connectivity index (χ0v) is 18.9. The molecule has 2 N–H and O–H groups in total. The molecule has 1 rings (SSSR count). The van der Waals surface area contributed by atoms with Gasteiger partial charge in [-0.25, -0.2) is 4.79 Å². The van der Waals surface area contributed by atoms with E-state index in [1.165, 1.54) is 0 Å². The van der Waals surface area contributed by atoms with Crippen molar-refractivity contribution < 1.29 is 14.3 Å². The van der Waals surface area contributed by atoms with Crippen molar-refractivity contribution in [3.63, 3.8) is 0 Å². The molecule has 1 aromatic rings.